The van der Waals surface area contributed by atoms with Crippen molar-refractivity contribution in [3.05, 3.63) is 64.2 Å². The molecule has 1 aliphatic heterocycles. The Bertz CT molecular complexity index is 974. The first-order chi connectivity index (χ1) is 15.9. The topological polar surface area (TPSA) is 105 Å². The standard InChI is InChI=1S/C24H30N4O5/c1-3-13-27(17-23(29)25-21-10-9-20(33-2)16-22(21)28(31)32)19-11-14-26(15-12-19)24(30)18-7-5-4-6-8-18/h4-10,16,19H,3,11-15,17H2,1-2H3,(H,25,29). The lowest BCUT2D eigenvalue weighted by Crippen LogP contribution is -2.49. The second kappa shape index (κ2) is 11.4. The number of carbonyl (C=O) groups excluding carboxylic acids is 2. The number of amides is 2. The summed E-state index contributed by atoms with van der Waals surface area (Å²) in [5.74, 6) is 0.0734. The van der Waals surface area contributed by atoms with Crippen LogP contribution in [0.3, 0.4) is 0 Å². The normalized spacial score (nSPS) is 14.2. The zero-order valence-electron chi connectivity index (χ0n) is 19.0. The van der Waals surface area contributed by atoms with E-state index < -0.39 is 4.92 Å². The summed E-state index contributed by atoms with van der Waals surface area (Å²) in [6, 6.07) is 13.8. The summed E-state index contributed by atoms with van der Waals surface area (Å²) in [7, 11) is 1.43. The maximum Gasteiger partial charge on any atom is 0.296 e. The molecular weight excluding hydrogens is 424 g/mol. The van der Waals surface area contributed by atoms with E-state index in [4.69, 9.17) is 4.74 Å². The molecule has 33 heavy (non-hydrogen) atoms. The third-order valence-corrected chi connectivity index (χ3v) is 5.82. The van der Waals surface area contributed by atoms with Gasteiger partial charge in [0.15, 0.2) is 0 Å². The van der Waals surface area contributed by atoms with E-state index in [1.165, 1.54) is 19.2 Å². The highest BCUT2D eigenvalue weighted by Crippen LogP contribution is 2.29. The zero-order valence-corrected chi connectivity index (χ0v) is 19.0. The van der Waals surface area contributed by atoms with Crippen LogP contribution in [0.5, 0.6) is 5.75 Å². The highest BCUT2D eigenvalue weighted by atomic mass is 16.6. The molecule has 9 heteroatoms. The van der Waals surface area contributed by atoms with Gasteiger partial charge in [0, 0.05) is 24.7 Å². The van der Waals surface area contributed by atoms with Gasteiger partial charge in [0.1, 0.15) is 11.4 Å². The minimum absolute atomic E-state index is 0.0284. The molecular formula is C24H30N4O5. The molecule has 0 aliphatic carbocycles. The predicted octanol–water partition coefficient (Wildman–Crippen LogP) is 3.56. The second-order valence-corrected chi connectivity index (χ2v) is 8.05. The van der Waals surface area contributed by atoms with Crippen molar-refractivity contribution in [1.82, 2.24) is 9.80 Å². The van der Waals surface area contributed by atoms with Crippen LogP contribution in [-0.4, -0.2) is 65.9 Å². The molecule has 2 aromatic rings. The number of anilines is 1. The van der Waals surface area contributed by atoms with Crippen molar-refractivity contribution < 1.29 is 19.2 Å². The number of benzene rings is 2. The van der Waals surface area contributed by atoms with Gasteiger partial charge in [-0.2, -0.15) is 0 Å². The van der Waals surface area contributed by atoms with Crippen LogP contribution < -0.4 is 10.1 Å². The van der Waals surface area contributed by atoms with Crippen molar-refractivity contribution >= 4 is 23.2 Å². The van der Waals surface area contributed by atoms with Crippen molar-refractivity contribution in [3.8, 4) is 5.75 Å². The van der Waals surface area contributed by atoms with Gasteiger partial charge in [0.25, 0.3) is 11.6 Å². The number of methoxy groups -OCH3 is 1. The maximum atomic E-state index is 12.8. The lowest BCUT2D eigenvalue weighted by Gasteiger charge is -2.38. The number of hydrogen-bond donors (Lipinski definition) is 1. The van der Waals surface area contributed by atoms with Gasteiger partial charge in [-0.25, -0.2) is 0 Å². The Labute approximate surface area is 193 Å². The van der Waals surface area contributed by atoms with Crippen LogP contribution in [0.15, 0.2) is 48.5 Å². The largest absolute Gasteiger partial charge is 0.496 e. The fraction of sp³-hybridized carbons (Fsp3) is 0.417. The SMILES string of the molecule is CCCN(CC(=O)Nc1ccc(OC)cc1[N+](=O)[O-])C1CCN(C(=O)c2ccccc2)CC1. The smallest absolute Gasteiger partial charge is 0.296 e. The van der Waals surface area contributed by atoms with Gasteiger partial charge < -0.3 is 15.0 Å². The van der Waals surface area contributed by atoms with Crippen LogP contribution in [0.4, 0.5) is 11.4 Å². The monoisotopic (exact) mass is 454 g/mol. The number of nitrogens with one attached hydrogen (secondary N) is 1. The number of nitro groups is 1. The minimum atomic E-state index is -0.540. The number of piperidine rings is 1. The number of likely N-dealkylation sites (tertiary alicyclic amines) is 1. The summed E-state index contributed by atoms with van der Waals surface area (Å²) in [5.41, 5.74) is 0.616. The third kappa shape index (κ3) is 6.29. The first-order valence-corrected chi connectivity index (χ1v) is 11.1. The highest BCUT2D eigenvalue weighted by molar-refractivity contribution is 5.95. The van der Waals surface area contributed by atoms with Crippen LogP contribution in [0.1, 0.15) is 36.5 Å². The molecule has 1 N–H and O–H groups in total. The summed E-state index contributed by atoms with van der Waals surface area (Å²) >= 11 is 0. The van der Waals surface area contributed by atoms with Gasteiger partial charge in [-0.05, 0) is 50.1 Å². The molecule has 0 atom stereocenters. The molecule has 1 heterocycles. The molecule has 0 spiro atoms. The van der Waals surface area contributed by atoms with Crippen molar-refractivity contribution in [3.63, 3.8) is 0 Å². The van der Waals surface area contributed by atoms with E-state index in [1.54, 1.807) is 6.07 Å². The molecule has 1 fully saturated rings. The number of nitrogens with zero attached hydrogens (tertiary/aromatic N) is 3. The fourth-order valence-corrected chi connectivity index (χ4v) is 4.14. The Kier molecular flexibility index (Phi) is 8.37. The summed E-state index contributed by atoms with van der Waals surface area (Å²) in [6.45, 7) is 4.17. The molecule has 176 valence electrons. The van der Waals surface area contributed by atoms with Crippen molar-refractivity contribution in [1.29, 1.82) is 0 Å². The molecule has 0 unspecified atom stereocenters. The number of ether oxygens (including phenoxy) is 1. The highest BCUT2D eigenvalue weighted by Gasteiger charge is 2.28. The van der Waals surface area contributed by atoms with E-state index in [0.29, 0.717) is 24.4 Å². The number of carbonyl (C=O) groups is 2. The van der Waals surface area contributed by atoms with Gasteiger partial charge in [-0.3, -0.25) is 24.6 Å². The van der Waals surface area contributed by atoms with Crippen molar-refractivity contribution in [2.75, 3.05) is 38.6 Å². The molecule has 0 radical (unpaired) electrons. The fourth-order valence-electron chi connectivity index (χ4n) is 4.14. The van der Waals surface area contributed by atoms with Crippen molar-refractivity contribution in [2.45, 2.75) is 32.2 Å². The van der Waals surface area contributed by atoms with E-state index in [2.05, 4.69) is 10.2 Å². The molecule has 1 saturated heterocycles. The average molecular weight is 455 g/mol. The van der Waals surface area contributed by atoms with Crippen LogP contribution in [0.25, 0.3) is 0 Å². The van der Waals surface area contributed by atoms with Gasteiger partial charge in [0.05, 0.1) is 24.6 Å². The van der Waals surface area contributed by atoms with E-state index in [-0.39, 0.29) is 35.8 Å². The second-order valence-electron chi connectivity index (χ2n) is 8.05. The Hall–Kier alpha value is -3.46. The summed E-state index contributed by atoms with van der Waals surface area (Å²) < 4.78 is 5.04. The van der Waals surface area contributed by atoms with Crippen LogP contribution in [-0.2, 0) is 4.79 Å². The quantitative estimate of drug-likeness (QED) is 0.459. The van der Waals surface area contributed by atoms with Crippen molar-refractivity contribution in [2.24, 2.45) is 0 Å². The van der Waals surface area contributed by atoms with Gasteiger partial charge in [-0.15, -0.1) is 0 Å². The van der Waals surface area contributed by atoms with E-state index in [9.17, 15) is 19.7 Å². The van der Waals surface area contributed by atoms with Crippen LogP contribution in [0, 0.1) is 10.1 Å². The summed E-state index contributed by atoms with van der Waals surface area (Å²) in [5, 5.41) is 14.1. The first kappa shape index (κ1) is 24.2. The summed E-state index contributed by atoms with van der Waals surface area (Å²) in [6.07, 6.45) is 2.42. The van der Waals surface area contributed by atoms with Crippen LogP contribution >= 0.6 is 0 Å². The zero-order chi connectivity index (χ0) is 23.8. The van der Waals surface area contributed by atoms with Gasteiger partial charge in [0.2, 0.25) is 5.91 Å². The van der Waals surface area contributed by atoms with E-state index in [0.717, 1.165) is 25.8 Å². The molecule has 0 bridgehead atoms. The molecule has 0 aromatic heterocycles. The number of hydrogen-bond acceptors (Lipinski definition) is 6. The maximum absolute atomic E-state index is 12.8. The van der Waals surface area contributed by atoms with E-state index in [1.807, 2.05) is 42.2 Å². The van der Waals surface area contributed by atoms with E-state index >= 15 is 0 Å². The Morgan fingerprint density at radius 3 is 2.48 bits per heavy atom. The molecule has 0 saturated carbocycles. The lowest BCUT2D eigenvalue weighted by atomic mass is 10.0. The lowest BCUT2D eigenvalue weighted by molar-refractivity contribution is -0.384. The molecule has 2 aromatic carbocycles. The summed E-state index contributed by atoms with van der Waals surface area (Å²) in [4.78, 5) is 40.3. The number of rotatable bonds is 9. The molecule has 2 amide bonds. The predicted molar refractivity (Wildman–Crippen MR) is 126 cm³/mol. The Balaban J connectivity index is 1.60. The first-order valence-electron chi connectivity index (χ1n) is 11.1. The Morgan fingerprint density at radius 1 is 1.18 bits per heavy atom. The Morgan fingerprint density at radius 2 is 1.88 bits per heavy atom. The molecule has 1 aliphatic rings. The molecule has 9 nitrogen and oxygen atoms in total. The molecule has 3 rings (SSSR count). The van der Waals surface area contributed by atoms with Gasteiger partial charge in [-0.1, -0.05) is 25.1 Å². The number of nitro benzene ring substituents is 1. The minimum Gasteiger partial charge on any atom is -0.496 e. The van der Waals surface area contributed by atoms with Crippen LogP contribution in [0.2, 0.25) is 0 Å². The average Bonchev–Trinajstić information content (AvgIpc) is 2.84. The third-order valence-electron chi connectivity index (χ3n) is 5.82. The van der Waals surface area contributed by atoms with Gasteiger partial charge >= 0.3 is 0 Å².